The Morgan fingerprint density at radius 1 is 0.895 bits per heavy atom. The lowest BCUT2D eigenvalue weighted by molar-refractivity contribution is -0.142. The SMILES string of the molecule is CC(C)[C@H](NC(=O)OCC1c2ccccc2-c2ccccc21)C(=O)N[C@H](C(=O)O)c1c[nH]c2ccccc12. The molecule has 8 heteroatoms. The maximum absolute atomic E-state index is 13.2. The highest BCUT2D eigenvalue weighted by atomic mass is 16.5. The van der Waals surface area contributed by atoms with Crippen molar-refractivity contribution >= 4 is 28.9 Å². The first kappa shape index (κ1) is 25.1. The number of alkyl carbamates (subject to hydrolysis) is 1. The number of benzene rings is 3. The number of nitrogens with one attached hydrogen (secondary N) is 3. The van der Waals surface area contributed by atoms with Gasteiger partial charge in [0.1, 0.15) is 12.6 Å². The van der Waals surface area contributed by atoms with E-state index in [1.54, 1.807) is 32.2 Å². The molecule has 1 heterocycles. The molecule has 2 amide bonds. The Kier molecular flexibility index (Phi) is 6.87. The Labute approximate surface area is 220 Å². The number of aliphatic carboxylic acids is 1. The van der Waals surface area contributed by atoms with Crippen LogP contribution in [0, 0.1) is 5.92 Å². The van der Waals surface area contributed by atoms with Crippen molar-refractivity contribution in [2.24, 2.45) is 5.92 Å². The van der Waals surface area contributed by atoms with Gasteiger partial charge < -0.3 is 25.5 Å². The summed E-state index contributed by atoms with van der Waals surface area (Å²) >= 11 is 0. The Hall–Kier alpha value is -4.59. The molecule has 1 aliphatic rings. The Balaban J connectivity index is 1.27. The van der Waals surface area contributed by atoms with Crippen LogP contribution in [-0.4, -0.2) is 40.7 Å². The standard InChI is InChI=1S/C30H29N3O5/c1-17(2)26(28(34)32-27(29(35)36)23-15-31-25-14-8-7-13-22(23)25)33-30(37)38-16-24-20-11-5-3-9-18(20)19-10-4-6-12-21(19)24/h3-15,17,24,26-27,31H,16H2,1-2H3,(H,32,34)(H,33,37)(H,35,36)/t26-,27-/m0/s1. The number of aromatic amines is 1. The summed E-state index contributed by atoms with van der Waals surface area (Å²) in [6.07, 6.45) is 0.840. The van der Waals surface area contributed by atoms with Crippen molar-refractivity contribution in [3.63, 3.8) is 0 Å². The van der Waals surface area contributed by atoms with Gasteiger partial charge in [-0.15, -0.1) is 0 Å². The number of carbonyl (C=O) groups is 3. The van der Waals surface area contributed by atoms with E-state index < -0.39 is 30.1 Å². The summed E-state index contributed by atoms with van der Waals surface area (Å²) in [5.41, 5.74) is 5.61. The molecule has 0 aliphatic heterocycles. The van der Waals surface area contributed by atoms with E-state index in [0.29, 0.717) is 10.9 Å². The van der Waals surface area contributed by atoms with E-state index in [1.807, 2.05) is 48.5 Å². The average Bonchev–Trinajstić information content (AvgIpc) is 3.48. The van der Waals surface area contributed by atoms with Gasteiger partial charge in [0.2, 0.25) is 5.91 Å². The molecule has 0 saturated heterocycles. The minimum absolute atomic E-state index is 0.111. The van der Waals surface area contributed by atoms with Crippen LogP contribution >= 0.6 is 0 Å². The number of carbonyl (C=O) groups excluding carboxylic acids is 2. The van der Waals surface area contributed by atoms with E-state index in [0.717, 1.165) is 27.8 Å². The van der Waals surface area contributed by atoms with Crippen LogP contribution in [0.15, 0.2) is 79.0 Å². The number of rotatable bonds is 8. The third kappa shape index (κ3) is 4.72. The molecule has 0 spiro atoms. The number of amides is 2. The molecule has 0 saturated carbocycles. The van der Waals surface area contributed by atoms with Crippen molar-refractivity contribution in [3.8, 4) is 11.1 Å². The Bertz CT molecular complexity index is 1460. The van der Waals surface area contributed by atoms with Crippen LogP contribution in [0.1, 0.15) is 42.5 Å². The fourth-order valence-electron chi connectivity index (χ4n) is 5.14. The van der Waals surface area contributed by atoms with Gasteiger partial charge in [-0.05, 0) is 34.2 Å². The first-order chi connectivity index (χ1) is 18.3. The molecule has 8 nitrogen and oxygen atoms in total. The maximum atomic E-state index is 13.2. The van der Waals surface area contributed by atoms with Crippen LogP contribution in [0.3, 0.4) is 0 Å². The molecule has 2 atom stereocenters. The van der Waals surface area contributed by atoms with Gasteiger partial charge in [-0.2, -0.15) is 0 Å². The summed E-state index contributed by atoms with van der Waals surface area (Å²) in [4.78, 5) is 41.2. The number of carboxylic acids is 1. The van der Waals surface area contributed by atoms with Gasteiger partial charge >= 0.3 is 12.1 Å². The minimum atomic E-state index is -1.29. The van der Waals surface area contributed by atoms with Crippen molar-refractivity contribution in [1.29, 1.82) is 0 Å². The fraction of sp³-hybridized carbons (Fsp3) is 0.233. The second kappa shape index (κ2) is 10.4. The minimum Gasteiger partial charge on any atom is -0.479 e. The third-order valence-electron chi connectivity index (χ3n) is 7.03. The van der Waals surface area contributed by atoms with Crippen molar-refractivity contribution < 1.29 is 24.2 Å². The molecule has 0 fully saturated rings. The molecule has 1 aliphatic carbocycles. The number of hydrogen-bond acceptors (Lipinski definition) is 4. The second-order valence-corrected chi connectivity index (χ2v) is 9.76. The van der Waals surface area contributed by atoms with Crippen molar-refractivity contribution in [1.82, 2.24) is 15.6 Å². The van der Waals surface area contributed by atoms with Gasteiger partial charge in [0.05, 0.1) is 0 Å². The van der Waals surface area contributed by atoms with Gasteiger partial charge in [0.15, 0.2) is 6.04 Å². The predicted octanol–water partition coefficient (Wildman–Crippen LogP) is 4.97. The van der Waals surface area contributed by atoms with Gasteiger partial charge in [0, 0.05) is 28.6 Å². The molecule has 0 unspecified atom stereocenters. The highest BCUT2D eigenvalue weighted by Crippen LogP contribution is 2.44. The average molecular weight is 512 g/mol. The molecule has 1 aromatic heterocycles. The number of fused-ring (bicyclic) bond motifs is 4. The lowest BCUT2D eigenvalue weighted by atomic mass is 9.98. The summed E-state index contributed by atoms with van der Waals surface area (Å²) in [5.74, 6) is -2.23. The summed E-state index contributed by atoms with van der Waals surface area (Å²) in [6.45, 7) is 3.66. The second-order valence-electron chi connectivity index (χ2n) is 9.76. The van der Waals surface area contributed by atoms with Crippen LogP contribution in [0.2, 0.25) is 0 Å². The molecule has 4 N–H and O–H groups in total. The number of H-pyrrole nitrogens is 1. The van der Waals surface area contributed by atoms with Crippen LogP contribution < -0.4 is 10.6 Å². The topological polar surface area (TPSA) is 121 Å². The molecule has 0 bridgehead atoms. The highest BCUT2D eigenvalue weighted by molar-refractivity contribution is 5.94. The molecule has 4 aromatic rings. The zero-order valence-corrected chi connectivity index (χ0v) is 21.1. The molecule has 38 heavy (non-hydrogen) atoms. The van der Waals surface area contributed by atoms with Crippen LogP contribution in [0.4, 0.5) is 4.79 Å². The molecular formula is C30H29N3O5. The lowest BCUT2D eigenvalue weighted by Gasteiger charge is -2.24. The smallest absolute Gasteiger partial charge is 0.407 e. The molecule has 194 valence electrons. The third-order valence-corrected chi connectivity index (χ3v) is 7.03. The van der Waals surface area contributed by atoms with Crippen molar-refractivity contribution in [2.75, 3.05) is 6.61 Å². The van der Waals surface area contributed by atoms with Crippen LogP contribution in [0.5, 0.6) is 0 Å². The number of hydrogen-bond donors (Lipinski definition) is 4. The summed E-state index contributed by atoms with van der Waals surface area (Å²) in [5, 5.41) is 15.8. The number of aromatic nitrogens is 1. The summed E-state index contributed by atoms with van der Waals surface area (Å²) in [7, 11) is 0. The van der Waals surface area contributed by atoms with E-state index >= 15 is 0 Å². The predicted molar refractivity (Wildman–Crippen MR) is 144 cm³/mol. The van der Waals surface area contributed by atoms with E-state index in [2.05, 4.69) is 27.8 Å². The summed E-state index contributed by atoms with van der Waals surface area (Å²) in [6, 6.07) is 21.0. The first-order valence-corrected chi connectivity index (χ1v) is 12.6. The zero-order valence-electron chi connectivity index (χ0n) is 21.1. The van der Waals surface area contributed by atoms with Crippen molar-refractivity contribution in [2.45, 2.75) is 31.8 Å². The normalized spacial score (nSPS) is 14.0. The monoisotopic (exact) mass is 511 g/mol. The molecule has 5 rings (SSSR count). The Morgan fingerprint density at radius 3 is 2.13 bits per heavy atom. The Morgan fingerprint density at radius 2 is 1.50 bits per heavy atom. The first-order valence-electron chi connectivity index (χ1n) is 12.6. The highest BCUT2D eigenvalue weighted by Gasteiger charge is 2.32. The quantitative estimate of drug-likeness (QED) is 0.266. The van der Waals surface area contributed by atoms with E-state index in [4.69, 9.17) is 4.74 Å². The lowest BCUT2D eigenvalue weighted by Crippen LogP contribution is -2.51. The van der Waals surface area contributed by atoms with Gasteiger partial charge in [0.25, 0.3) is 0 Å². The van der Waals surface area contributed by atoms with Crippen LogP contribution in [0.25, 0.3) is 22.0 Å². The summed E-state index contributed by atoms with van der Waals surface area (Å²) < 4.78 is 5.60. The van der Waals surface area contributed by atoms with E-state index in [9.17, 15) is 19.5 Å². The zero-order chi connectivity index (χ0) is 26.8. The fourth-order valence-corrected chi connectivity index (χ4v) is 5.14. The van der Waals surface area contributed by atoms with E-state index in [1.165, 1.54) is 0 Å². The number of para-hydroxylation sites is 1. The van der Waals surface area contributed by atoms with Crippen LogP contribution in [-0.2, 0) is 14.3 Å². The number of carboxylic acid groups (broad SMARTS) is 1. The number of ether oxygens (including phenoxy) is 1. The van der Waals surface area contributed by atoms with Gasteiger partial charge in [-0.25, -0.2) is 9.59 Å². The van der Waals surface area contributed by atoms with Gasteiger partial charge in [-0.1, -0.05) is 80.6 Å². The van der Waals surface area contributed by atoms with E-state index in [-0.39, 0.29) is 18.4 Å². The van der Waals surface area contributed by atoms with Crippen molar-refractivity contribution in [3.05, 3.63) is 95.7 Å². The molecular weight excluding hydrogens is 482 g/mol. The maximum Gasteiger partial charge on any atom is 0.407 e. The molecule has 3 aromatic carbocycles. The largest absolute Gasteiger partial charge is 0.479 e. The molecule has 0 radical (unpaired) electrons. The van der Waals surface area contributed by atoms with Gasteiger partial charge in [-0.3, -0.25) is 4.79 Å².